The van der Waals surface area contributed by atoms with Crippen molar-refractivity contribution in [1.82, 2.24) is 15.1 Å². The van der Waals surface area contributed by atoms with Crippen molar-refractivity contribution < 1.29 is 19.1 Å². The van der Waals surface area contributed by atoms with Gasteiger partial charge in [-0.3, -0.25) is 9.59 Å². The molecule has 7 heteroatoms. The molecule has 7 rings (SSSR count). The van der Waals surface area contributed by atoms with Gasteiger partial charge in [0.15, 0.2) is 5.79 Å². The van der Waals surface area contributed by atoms with Gasteiger partial charge in [-0.05, 0) is 149 Å². The first-order chi connectivity index (χ1) is 21.9. The summed E-state index contributed by atoms with van der Waals surface area (Å²) >= 11 is 0. The normalized spacial score (nSPS) is 47.5. The van der Waals surface area contributed by atoms with Crippen LogP contribution in [0, 0.1) is 58.2 Å². The molecular formula is C39H65N3O4. The molecule has 7 nitrogen and oxygen atoms in total. The molecule has 4 aliphatic carbocycles. The van der Waals surface area contributed by atoms with Crippen LogP contribution < -0.4 is 5.32 Å². The van der Waals surface area contributed by atoms with Crippen LogP contribution in [0.3, 0.4) is 0 Å². The van der Waals surface area contributed by atoms with Crippen LogP contribution in [-0.4, -0.2) is 79.9 Å². The zero-order valence-corrected chi connectivity index (χ0v) is 30.0. The van der Waals surface area contributed by atoms with E-state index in [0.717, 1.165) is 69.7 Å². The van der Waals surface area contributed by atoms with E-state index in [4.69, 9.17) is 9.47 Å². The zero-order valence-electron chi connectivity index (χ0n) is 30.0. The van der Waals surface area contributed by atoms with Gasteiger partial charge in [0.2, 0.25) is 11.8 Å². The Morgan fingerprint density at radius 3 is 2.41 bits per heavy atom. The average Bonchev–Trinajstić information content (AvgIpc) is 3.47. The molecule has 1 unspecified atom stereocenters. The Labute approximate surface area is 279 Å². The van der Waals surface area contributed by atoms with Gasteiger partial charge >= 0.3 is 0 Å². The number of piperidine rings is 1. The summed E-state index contributed by atoms with van der Waals surface area (Å²) in [4.78, 5) is 30.1. The predicted octanol–water partition coefficient (Wildman–Crippen LogP) is 6.50. The highest BCUT2D eigenvalue weighted by Gasteiger charge is 2.69. The van der Waals surface area contributed by atoms with Crippen LogP contribution in [0.25, 0.3) is 0 Å². The maximum Gasteiger partial charge on any atom is 0.231 e. The lowest BCUT2D eigenvalue weighted by atomic mass is 9.44. The Balaban J connectivity index is 0.914. The molecule has 0 aromatic rings. The number of hydrogen-bond acceptors (Lipinski definition) is 5. The highest BCUT2D eigenvalue weighted by molar-refractivity contribution is 5.96. The van der Waals surface area contributed by atoms with E-state index in [1.54, 1.807) is 4.90 Å². The van der Waals surface area contributed by atoms with Gasteiger partial charge < -0.3 is 24.6 Å². The van der Waals surface area contributed by atoms with Crippen molar-refractivity contribution in [3.8, 4) is 0 Å². The van der Waals surface area contributed by atoms with Crippen LogP contribution in [0.4, 0.5) is 0 Å². The molecule has 4 saturated carbocycles. The minimum atomic E-state index is -0.328. The molecule has 0 bridgehead atoms. The summed E-state index contributed by atoms with van der Waals surface area (Å²) in [5.41, 5.74) is 0.728. The topological polar surface area (TPSA) is 71.1 Å². The second kappa shape index (κ2) is 12.6. The van der Waals surface area contributed by atoms with E-state index in [1.165, 1.54) is 57.8 Å². The lowest BCUT2D eigenvalue weighted by Gasteiger charge is -2.61. The van der Waals surface area contributed by atoms with Crippen LogP contribution in [0.2, 0.25) is 0 Å². The molecule has 1 N–H and O–H groups in total. The number of ether oxygens (including phenoxy) is 2. The van der Waals surface area contributed by atoms with Crippen molar-refractivity contribution >= 4 is 11.8 Å². The van der Waals surface area contributed by atoms with E-state index in [2.05, 4.69) is 45.0 Å². The fraction of sp³-hybridized carbons (Fsp3) is 0.949. The van der Waals surface area contributed by atoms with Gasteiger partial charge in [0.05, 0.1) is 12.7 Å². The lowest BCUT2D eigenvalue weighted by molar-refractivity contribution is -0.273. The molecule has 3 saturated heterocycles. The number of nitrogens with one attached hydrogen (secondary N) is 1. The molecule has 46 heavy (non-hydrogen) atoms. The number of carbonyl (C=O) groups is 2. The van der Waals surface area contributed by atoms with Gasteiger partial charge in [0.25, 0.3) is 0 Å². The summed E-state index contributed by atoms with van der Waals surface area (Å²) in [7, 11) is 4.06. The van der Waals surface area contributed by atoms with E-state index in [-0.39, 0.29) is 30.1 Å². The van der Waals surface area contributed by atoms with E-state index in [1.807, 2.05) is 7.05 Å². The molecule has 0 aromatic carbocycles. The molecule has 7 aliphatic rings. The number of amides is 2. The number of likely N-dealkylation sites (tertiary alicyclic amines) is 1. The first-order valence-electron chi connectivity index (χ1n) is 19.5. The molecule has 2 amide bonds. The van der Waals surface area contributed by atoms with Gasteiger partial charge in [-0.2, -0.15) is 0 Å². The SMILES string of the molecule is C[C@H]1CC[C@@]2(OC1)O[C@H]1C[C@H]3[C@@H]4CC[C@@H]5C[C@H](NC(=O)CC(=O)N(C)CCC6CCN(C)CC6)CC[C@]5(C)C4CC[C@]3(C)[C@H]1[C@@H]2C. The number of nitrogens with zero attached hydrogens (tertiary/aromatic N) is 2. The standard InChI is InChI=1S/C39H65N3O4/c1-25-9-17-39(45-24-25)26(2)36-33(46-39)22-32-30-8-7-28-21-29(10-15-37(28,3)31(30)11-16-38(32,36)4)40-34(43)23-35(44)42(6)20-14-27-12-18-41(5)19-13-27/h25-33,36H,7-24H2,1-6H3,(H,40,43)/t25-,26-,28+,29+,30+,31?,32-,33-,36-,37-,38-,39+/m0/s1. The van der Waals surface area contributed by atoms with Crippen molar-refractivity contribution in [2.75, 3.05) is 40.3 Å². The number of carbonyl (C=O) groups excluding carboxylic acids is 2. The quantitative estimate of drug-likeness (QED) is 0.336. The van der Waals surface area contributed by atoms with Crippen molar-refractivity contribution in [2.24, 2.45) is 58.2 Å². The van der Waals surface area contributed by atoms with Gasteiger partial charge in [-0.1, -0.05) is 27.7 Å². The van der Waals surface area contributed by atoms with E-state index in [0.29, 0.717) is 46.5 Å². The largest absolute Gasteiger partial charge is 0.353 e. The summed E-state index contributed by atoms with van der Waals surface area (Å²) in [5.74, 6) is 5.03. The fourth-order valence-corrected chi connectivity index (χ4v) is 12.8. The van der Waals surface area contributed by atoms with Crippen LogP contribution >= 0.6 is 0 Å². The van der Waals surface area contributed by atoms with Crippen molar-refractivity contribution in [3.63, 3.8) is 0 Å². The Morgan fingerprint density at radius 2 is 1.67 bits per heavy atom. The minimum absolute atomic E-state index is 0.0124. The molecular weight excluding hydrogens is 574 g/mol. The van der Waals surface area contributed by atoms with Crippen LogP contribution in [0.15, 0.2) is 0 Å². The number of hydrogen-bond donors (Lipinski definition) is 1. The van der Waals surface area contributed by atoms with E-state index in [9.17, 15) is 9.59 Å². The highest BCUT2D eigenvalue weighted by Crippen LogP contribution is 2.71. The van der Waals surface area contributed by atoms with Gasteiger partial charge in [0, 0.05) is 32.0 Å². The Morgan fingerprint density at radius 1 is 0.913 bits per heavy atom. The minimum Gasteiger partial charge on any atom is -0.353 e. The van der Waals surface area contributed by atoms with Crippen molar-refractivity contribution in [2.45, 2.75) is 136 Å². The molecule has 1 spiro atoms. The first-order valence-corrected chi connectivity index (χ1v) is 19.5. The third-order valence-corrected chi connectivity index (χ3v) is 15.7. The second-order valence-corrected chi connectivity index (χ2v) is 18.2. The molecule has 3 aliphatic heterocycles. The smallest absolute Gasteiger partial charge is 0.231 e. The third-order valence-electron chi connectivity index (χ3n) is 15.7. The zero-order chi connectivity index (χ0) is 32.4. The maximum absolute atomic E-state index is 13.1. The molecule has 260 valence electrons. The average molecular weight is 640 g/mol. The predicted molar refractivity (Wildman–Crippen MR) is 181 cm³/mol. The summed E-state index contributed by atoms with van der Waals surface area (Å²) in [6.07, 6.45) is 16.0. The van der Waals surface area contributed by atoms with Gasteiger partial charge in [0.1, 0.15) is 6.42 Å². The molecule has 0 aromatic heterocycles. The fourth-order valence-electron chi connectivity index (χ4n) is 12.8. The van der Waals surface area contributed by atoms with Gasteiger partial charge in [-0.25, -0.2) is 0 Å². The molecule has 7 fully saturated rings. The number of rotatable bonds is 6. The molecule has 12 atom stereocenters. The second-order valence-electron chi connectivity index (χ2n) is 18.2. The van der Waals surface area contributed by atoms with Crippen LogP contribution in [0.1, 0.15) is 118 Å². The first kappa shape index (κ1) is 33.3. The monoisotopic (exact) mass is 639 g/mol. The third kappa shape index (κ3) is 5.78. The summed E-state index contributed by atoms with van der Waals surface area (Å²) < 4.78 is 13.5. The molecule has 3 heterocycles. The summed E-state index contributed by atoms with van der Waals surface area (Å²) in [6, 6.07) is 0.211. The number of fused-ring (bicyclic) bond motifs is 7. The van der Waals surface area contributed by atoms with Crippen molar-refractivity contribution in [3.05, 3.63) is 0 Å². The van der Waals surface area contributed by atoms with Crippen LogP contribution in [-0.2, 0) is 19.1 Å². The molecule has 0 radical (unpaired) electrons. The summed E-state index contributed by atoms with van der Waals surface area (Å²) in [5, 5.41) is 3.32. The van der Waals surface area contributed by atoms with Crippen LogP contribution in [0.5, 0.6) is 0 Å². The lowest BCUT2D eigenvalue weighted by Crippen LogP contribution is -2.56. The highest BCUT2D eigenvalue weighted by atomic mass is 16.7. The maximum atomic E-state index is 13.1. The Hall–Kier alpha value is -1.18. The van der Waals surface area contributed by atoms with E-state index < -0.39 is 0 Å². The van der Waals surface area contributed by atoms with Crippen molar-refractivity contribution in [1.29, 1.82) is 0 Å². The Kier molecular flexibility index (Phi) is 9.14. The summed E-state index contributed by atoms with van der Waals surface area (Å²) in [6.45, 7) is 13.9. The Bertz CT molecular complexity index is 1130. The van der Waals surface area contributed by atoms with Gasteiger partial charge in [-0.15, -0.1) is 0 Å². The van der Waals surface area contributed by atoms with E-state index >= 15 is 0 Å².